The van der Waals surface area contributed by atoms with E-state index in [0.29, 0.717) is 0 Å². The normalized spacial score (nSPS) is 10.5. The van der Waals surface area contributed by atoms with E-state index in [2.05, 4.69) is 29.0 Å². The minimum Gasteiger partial charge on any atom is -0.497 e. The molecule has 0 aliphatic heterocycles. The maximum absolute atomic E-state index is 6.09. The van der Waals surface area contributed by atoms with Crippen LogP contribution in [0.25, 0.3) is 22.5 Å². The molecule has 0 aliphatic carbocycles. The van der Waals surface area contributed by atoms with Crippen molar-refractivity contribution in [1.29, 1.82) is 0 Å². The van der Waals surface area contributed by atoms with Gasteiger partial charge in [-0.25, -0.2) is 9.97 Å². The summed E-state index contributed by atoms with van der Waals surface area (Å²) in [6, 6.07) is 17.8. The second kappa shape index (κ2) is 6.16. The summed E-state index contributed by atoms with van der Waals surface area (Å²) in [7, 11) is 1.64. The number of ether oxygens (including phenoxy) is 1. The van der Waals surface area contributed by atoms with E-state index < -0.39 is 0 Å². The number of nitrogens with zero attached hydrogens (tertiary/aromatic N) is 2. The van der Waals surface area contributed by atoms with Gasteiger partial charge in [-0.3, -0.25) is 0 Å². The van der Waals surface area contributed by atoms with Gasteiger partial charge in [-0.2, -0.15) is 0 Å². The monoisotopic (exact) mass is 310 g/mol. The zero-order chi connectivity index (χ0) is 15.5. The van der Waals surface area contributed by atoms with Crippen molar-refractivity contribution in [2.24, 2.45) is 0 Å². The van der Waals surface area contributed by atoms with Crippen LogP contribution in [0.15, 0.2) is 54.6 Å². The molecule has 3 rings (SSSR count). The Kier molecular flexibility index (Phi) is 4.07. The van der Waals surface area contributed by atoms with Crippen LogP contribution in [-0.2, 0) is 0 Å². The molecule has 0 unspecified atom stereocenters. The molecule has 1 heterocycles. The molecule has 0 aliphatic rings. The number of aryl methyl sites for hydroxylation is 1. The van der Waals surface area contributed by atoms with E-state index in [0.717, 1.165) is 28.3 Å². The zero-order valence-corrected chi connectivity index (χ0v) is 13.1. The maximum atomic E-state index is 6.09. The lowest BCUT2D eigenvalue weighted by atomic mass is 10.1. The first-order valence-corrected chi connectivity index (χ1v) is 7.29. The first-order valence-electron chi connectivity index (χ1n) is 6.92. The average Bonchev–Trinajstić information content (AvgIpc) is 2.55. The number of halogens is 1. The second-order valence-corrected chi connectivity index (χ2v) is 5.34. The molecule has 0 spiro atoms. The molecule has 4 heteroatoms. The van der Waals surface area contributed by atoms with Crippen molar-refractivity contribution in [3.8, 4) is 28.3 Å². The van der Waals surface area contributed by atoms with Crippen LogP contribution in [0.1, 0.15) is 5.56 Å². The van der Waals surface area contributed by atoms with Gasteiger partial charge in [0.05, 0.1) is 18.5 Å². The first-order chi connectivity index (χ1) is 10.7. The quantitative estimate of drug-likeness (QED) is 0.653. The average molecular weight is 311 g/mol. The highest BCUT2D eigenvalue weighted by Gasteiger charge is 2.07. The Morgan fingerprint density at radius 2 is 1.32 bits per heavy atom. The van der Waals surface area contributed by atoms with Crippen LogP contribution in [0, 0.1) is 6.92 Å². The number of hydrogen-bond donors (Lipinski definition) is 0. The summed E-state index contributed by atoms with van der Waals surface area (Å²) in [5, 5.41) is 0.240. The number of methoxy groups -OCH3 is 1. The van der Waals surface area contributed by atoms with Crippen molar-refractivity contribution in [3.63, 3.8) is 0 Å². The SMILES string of the molecule is COc1ccc(-c2cc(-c3ccc(C)cc3)nc(Cl)n2)cc1. The van der Waals surface area contributed by atoms with Crippen molar-refractivity contribution in [2.45, 2.75) is 6.92 Å². The summed E-state index contributed by atoms with van der Waals surface area (Å²) < 4.78 is 5.17. The molecular formula is C18H15ClN2O. The molecule has 0 radical (unpaired) electrons. The highest BCUT2D eigenvalue weighted by atomic mass is 35.5. The molecule has 0 atom stereocenters. The van der Waals surface area contributed by atoms with Gasteiger partial charge in [-0.05, 0) is 48.9 Å². The van der Waals surface area contributed by atoms with Crippen molar-refractivity contribution < 1.29 is 4.74 Å². The molecule has 0 N–H and O–H groups in total. The Hall–Kier alpha value is -2.39. The Balaban J connectivity index is 2.03. The molecule has 110 valence electrons. The lowest BCUT2D eigenvalue weighted by molar-refractivity contribution is 0.415. The molecule has 0 amide bonds. The van der Waals surface area contributed by atoms with Crippen LogP contribution < -0.4 is 4.74 Å². The van der Waals surface area contributed by atoms with E-state index in [-0.39, 0.29) is 5.28 Å². The molecule has 2 aromatic carbocycles. The third kappa shape index (κ3) is 3.10. The van der Waals surface area contributed by atoms with E-state index in [1.807, 2.05) is 42.5 Å². The molecule has 0 saturated heterocycles. The Labute approximate surface area is 134 Å². The molecule has 0 saturated carbocycles. The van der Waals surface area contributed by atoms with Gasteiger partial charge in [-0.15, -0.1) is 0 Å². The van der Waals surface area contributed by atoms with Gasteiger partial charge in [0.15, 0.2) is 0 Å². The summed E-state index contributed by atoms with van der Waals surface area (Å²) in [4.78, 5) is 8.64. The fourth-order valence-electron chi connectivity index (χ4n) is 2.20. The summed E-state index contributed by atoms with van der Waals surface area (Å²) in [6.45, 7) is 2.06. The van der Waals surface area contributed by atoms with Gasteiger partial charge in [0, 0.05) is 11.1 Å². The maximum Gasteiger partial charge on any atom is 0.223 e. The van der Waals surface area contributed by atoms with Crippen molar-refractivity contribution in [2.75, 3.05) is 7.11 Å². The van der Waals surface area contributed by atoms with Gasteiger partial charge in [0.25, 0.3) is 0 Å². The molecule has 3 nitrogen and oxygen atoms in total. The van der Waals surface area contributed by atoms with E-state index in [1.54, 1.807) is 7.11 Å². The number of aromatic nitrogens is 2. The number of hydrogen-bond acceptors (Lipinski definition) is 3. The Morgan fingerprint density at radius 1 is 0.818 bits per heavy atom. The molecule has 3 aromatic rings. The lowest BCUT2D eigenvalue weighted by Crippen LogP contribution is -1.92. The second-order valence-electron chi connectivity index (χ2n) is 5.00. The molecule has 22 heavy (non-hydrogen) atoms. The molecular weight excluding hydrogens is 296 g/mol. The first kappa shape index (κ1) is 14.5. The zero-order valence-electron chi connectivity index (χ0n) is 12.4. The van der Waals surface area contributed by atoms with Crippen molar-refractivity contribution >= 4 is 11.6 Å². The number of benzene rings is 2. The van der Waals surface area contributed by atoms with Gasteiger partial charge in [0.1, 0.15) is 5.75 Å². The van der Waals surface area contributed by atoms with Crippen molar-refractivity contribution in [1.82, 2.24) is 9.97 Å². The van der Waals surface area contributed by atoms with Crippen LogP contribution in [0.5, 0.6) is 5.75 Å². The Bertz CT molecular complexity index is 783. The van der Waals surface area contributed by atoms with E-state index in [9.17, 15) is 0 Å². The summed E-state index contributed by atoms with van der Waals surface area (Å²) in [6.07, 6.45) is 0. The standard InChI is InChI=1S/C18H15ClN2O/c1-12-3-5-13(6-4-12)16-11-17(21-18(19)20-16)14-7-9-15(22-2)10-8-14/h3-11H,1-2H3. The van der Waals surface area contributed by atoms with Crippen LogP contribution in [0.4, 0.5) is 0 Å². The fraction of sp³-hybridized carbons (Fsp3) is 0.111. The highest BCUT2D eigenvalue weighted by molar-refractivity contribution is 6.28. The highest BCUT2D eigenvalue weighted by Crippen LogP contribution is 2.26. The van der Waals surface area contributed by atoms with Gasteiger partial charge in [0.2, 0.25) is 5.28 Å². The van der Waals surface area contributed by atoms with Crippen LogP contribution in [0.3, 0.4) is 0 Å². The lowest BCUT2D eigenvalue weighted by Gasteiger charge is -2.07. The smallest absolute Gasteiger partial charge is 0.223 e. The van der Waals surface area contributed by atoms with Gasteiger partial charge in [-0.1, -0.05) is 29.8 Å². The van der Waals surface area contributed by atoms with Gasteiger partial charge >= 0.3 is 0 Å². The number of rotatable bonds is 3. The summed E-state index contributed by atoms with van der Waals surface area (Å²) >= 11 is 6.09. The minimum absolute atomic E-state index is 0.240. The van der Waals surface area contributed by atoms with E-state index in [4.69, 9.17) is 16.3 Å². The Morgan fingerprint density at radius 3 is 1.82 bits per heavy atom. The van der Waals surface area contributed by atoms with E-state index in [1.165, 1.54) is 5.56 Å². The fourth-order valence-corrected chi connectivity index (χ4v) is 2.38. The third-order valence-corrected chi connectivity index (χ3v) is 3.60. The van der Waals surface area contributed by atoms with E-state index >= 15 is 0 Å². The largest absolute Gasteiger partial charge is 0.497 e. The van der Waals surface area contributed by atoms with Crippen LogP contribution in [-0.4, -0.2) is 17.1 Å². The summed E-state index contributed by atoms with van der Waals surface area (Å²) in [5.41, 5.74) is 4.80. The molecule has 0 fully saturated rings. The molecule has 0 bridgehead atoms. The topological polar surface area (TPSA) is 35.0 Å². The van der Waals surface area contributed by atoms with Crippen molar-refractivity contribution in [3.05, 3.63) is 65.4 Å². The van der Waals surface area contributed by atoms with Crippen LogP contribution in [0.2, 0.25) is 5.28 Å². The summed E-state index contributed by atoms with van der Waals surface area (Å²) in [5.74, 6) is 0.808. The van der Waals surface area contributed by atoms with Gasteiger partial charge < -0.3 is 4.74 Å². The van der Waals surface area contributed by atoms with Crippen LogP contribution >= 0.6 is 11.6 Å². The molecule has 1 aromatic heterocycles. The predicted octanol–water partition coefficient (Wildman–Crippen LogP) is 4.78. The minimum atomic E-state index is 0.240. The third-order valence-electron chi connectivity index (χ3n) is 3.43. The predicted molar refractivity (Wildman–Crippen MR) is 89.2 cm³/mol.